The summed E-state index contributed by atoms with van der Waals surface area (Å²) in [5.41, 5.74) is 11.8. The minimum absolute atomic E-state index is 0. The van der Waals surface area contributed by atoms with Crippen LogP contribution >= 0.6 is 0 Å². The normalized spacial score (nSPS) is 22.8. The van der Waals surface area contributed by atoms with Crippen molar-refractivity contribution in [2.24, 2.45) is 52.1 Å². The standard InChI is InChI=1S/C27H36F3N3O3.C25H34F3N3O.2C10H17NO3.C10H16O3.C9H14O3.C4H6O4.C2H3BO2.CH4.Li.Na.H2O/c1-17-21-14-19-13-20(27(28,29)30)3-4-23(19)31-24(21)15-18-5-9-33(16-22(17)18)10-6-26(32-25(34)35-2)7-11-36-12-8-26;1-16-20-13-18-12-19(25(26,27)28)2-3-22(18)30-23(20)14-17-4-8-31(15-21(16)17)9-5-24(29)6-10-32-11-7-24;2*1-3-4-10(11-9(12)13-2)5-7-14-8-6-10;1-3-4-10(9(11)12-2)5-7-13-8-6-10;1-2-3-9(8(10)11)4-6-12-7-5-9;1-3(5)7-8-4(2)6;1-2(4)5-3;;;;/h3-4,13,17-18,22,31H,5-12,14-16H2,1-2H3,(H,32,34);2-3,12,16-17,21,30H,4-11,13-15,29H2,1H3;2*3H,1,4-8H2,2H3,(H,11,12);3H,1,4-8H2,2H3;2H,1,3-7H2,(H,10,11);1-2H3;1H3;1H4;;;1H2/q;;;;;;;-1;;2*+1;/p-1/t17-,18+,22+;16-,17+,21+;;;;;;;;;;/m00........../s1. The van der Waals surface area contributed by atoms with Crippen molar-refractivity contribution >= 4 is 67.6 Å². The predicted octanol–water partition coefficient (Wildman–Crippen LogP) is 10.0. The van der Waals surface area contributed by atoms with Gasteiger partial charge in [-0.1, -0.05) is 45.6 Å². The van der Waals surface area contributed by atoms with Gasteiger partial charge in [0.05, 0.1) is 61.5 Å². The third kappa shape index (κ3) is 38.0. The van der Waals surface area contributed by atoms with E-state index in [-0.39, 0.29) is 107 Å². The van der Waals surface area contributed by atoms with E-state index in [2.05, 4.69) is 108 Å². The fourth-order valence-electron chi connectivity index (χ4n) is 19.7. The number of rotatable bonds is 19. The zero-order chi connectivity index (χ0) is 98.5. The number of nitrogens with two attached hydrogens (primary N) is 1. The van der Waals surface area contributed by atoms with Crippen LogP contribution in [0.1, 0.15) is 206 Å². The van der Waals surface area contributed by atoms with Crippen LogP contribution in [0, 0.1) is 46.3 Å². The Balaban J connectivity index is 0.000000434. The first-order valence-electron chi connectivity index (χ1n) is 46.3. The van der Waals surface area contributed by atoms with Crippen LogP contribution in [-0.4, -0.2) is 246 Å². The van der Waals surface area contributed by atoms with Gasteiger partial charge >= 0.3 is 103 Å². The molecule has 31 nitrogen and oxygen atoms in total. The third-order valence-electron chi connectivity index (χ3n) is 28.0. The fraction of sp³-hybridized carbons (Fsp3) is 0.673. The summed E-state index contributed by atoms with van der Waals surface area (Å²) < 4.78 is 134. The van der Waals surface area contributed by atoms with Gasteiger partial charge in [-0.3, -0.25) is 14.4 Å². The zero-order valence-electron chi connectivity index (χ0n) is 82.0. The SMILES string of the molecule is C.C=CCC1(C(=O)O)CCOCC1.C=CCC1(C(=O)OC)CCOCC1.C=CCC1(NC(=O)OC)CCOCC1.C=CCC1(NC(=O)OC)CCOCC1.CC(=O)OOC(C)=O.COC(=O)NC1(CCN2CC[C@@H]3CC4=C(Cc5cc(C(F)(F)F)ccc5N4)[C@H](C)[C@H]3C2)CCOCC1.C[C@H]1C2=C(C[C@H]3CCN(CCC4(N)CCOCC4)C[C@@H]31)Nc1ccc(C(F)(F)F)cc1C2.[B-]OC(C)=O.[Li+].[Na+].[OH-]. The molecule has 2 aromatic carbocycles. The van der Waals surface area contributed by atoms with Gasteiger partial charge in [0.1, 0.15) is 0 Å². The number of amides is 3. The van der Waals surface area contributed by atoms with Gasteiger partial charge in [0.2, 0.25) is 5.97 Å². The molecule has 0 spiro atoms. The van der Waals surface area contributed by atoms with Gasteiger partial charge in [0, 0.05) is 154 Å². The Kier molecular flexibility index (Phi) is 54.3. The van der Waals surface area contributed by atoms with Crippen LogP contribution in [0.25, 0.3) is 0 Å². The number of carbonyl (C=O) groups excluding carboxylic acids is 7. The molecule has 2 aromatic rings. The molecule has 765 valence electrons. The van der Waals surface area contributed by atoms with E-state index in [1.807, 2.05) is 12.2 Å². The quantitative estimate of drug-likeness (QED) is 0.0131. The number of methoxy groups -OCH3 is 4. The number of alkyl halides is 6. The number of ether oxygens (including phenoxy) is 10. The molecule has 10 aliphatic heterocycles. The summed E-state index contributed by atoms with van der Waals surface area (Å²) in [6.07, 6.45) is 16.7. The molecule has 10 heterocycles. The summed E-state index contributed by atoms with van der Waals surface area (Å²) in [5.74, 6) is 0.332. The first-order valence-corrected chi connectivity index (χ1v) is 46.3. The summed E-state index contributed by atoms with van der Waals surface area (Å²) in [4.78, 5) is 98.7. The van der Waals surface area contributed by atoms with Crippen LogP contribution in [0.3, 0.4) is 0 Å². The van der Waals surface area contributed by atoms with E-state index in [1.54, 1.807) is 24.3 Å². The molecule has 0 bridgehead atoms. The number of piperidine rings is 2. The number of fused-ring (bicyclic) bond motifs is 4. The molecule has 0 saturated carbocycles. The van der Waals surface area contributed by atoms with Crippen molar-refractivity contribution in [2.75, 3.05) is 158 Å². The van der Waals surface area contributed by atoms with Crippen molar-refractivity contribution in [2.45, 2.75) is 231 Å². The number of allylic oxidation sites excluding steroid dienone is 6. The Labute approximate surface area is 845 Å². The van der Waals surface area contributed by atoms with Gasteiger partial charge in [-0.15, -0.1) is 26.3 Å². The minimum atomic E-state index is -4.33. The minimum Gasteiger partial charge on any atom is -0.870 e. The first kappa shape index (κ1) is 125. The number of nitrogens with zero attached hydrogens (tertiary/aromatic N) is 2. The number of hydrogen-bond acceptors (Lipinski definition) is 27. The molecular formula is C98H148BF6LiN8NaO23. The number of carboxylic acids is 1. The largest absolute Gasteiger partial charge is 1.00 e. The van der Waals surface area contributed by atoms with E-state index in [9.17, 15) is 64.7 Å². The van der Waals surface area contributed by atoms with Crippen molar-refractivity contribution < 1.29 is 185 Å². The molecule has 3 radical (unpaired) electrons. The van der Waals surface area contributed by atoms with E-state index >= 15 is 0 Å². The number of hydrogen-bond donors (Lipinski definition) is 7. The Morgan fingerprint density at radius 3 is 1.14 bits per heavy atom. The van der Waals surface area contributed by atoms with Crippen LogP contribution < -0.4 is 80.7 Å². The molecule has 9 N–H and O–H groups in total. The number of halogens is 6. The monoisotopic (exact) mass is 1960 g/mol. The average molecular weight is 1960 g/mol. The summed E-state index contributed by atoms with van der Waals surface area (Å²) in [6, 6.07) is 8.17. The maximum absolute atomic E-state index is 13.3. The maximum atomic E-state index is 13.3. The molecule has 8 saturated heterocycles. The number of esters is 1. The number of aliphatic carboxylic acids is 1. The number of likely N-dealkylation sites (tertiary alicyclic amines) is 2. The first-order chi connectivity index (χ1) is 63.7. The van der Waals surface area contributed by atoms with Crippen molar-refractivity contribution in [3.8, 4) is 0 Å². The van der Waals surface area contributed by atoms with Crippen LogP contribution in [0.4, 0.5) is 52.1 Å². The van der Waals surface area contributed by atoms with Crippen molar-refractivity contribution in [1.82, 2.24) is 25.8 Å². The van der Waals surface area contributed by atoms with E-state index in [1.165, 1.54) is 88.6 Å². The molecule has 0 aromatic heterocycles. The molecule has 12 aliphatic rings. The molecule has 40 heteroatoms. The van der Waals surface area contributed by atoms with E-state index < -0.39 is 58.9 Å². The zero-order valence-corrected chi connectivity index (χ0v) is 84.0. The molecule has 0 unspecified atom stereocenters. The number of anilines is 2. The Hall–Kier alpha value is -7.52. The Morgan fingerprint density at radius 2 is 0.826 bits per heavy atom. The predicted molar refractivity (Wildman–Crippen MR) is 500 cm³/mol. The number of nitrogens with one attached hydrogen (secondary N) is 5. The number of carboxylic acid groups (broad SMARTS) is 1. The van der Waals surface area contributed by atoms with Crippen molar-refractivity contribution in [1.29, 1.82) is 0 Å². The topological polar surface area (TPSA) is 399 Å². The molecule has 3 amide bonds. The number of carbonyl (C=O) groups is 8. The van der Waals surface area contributed by atoms with Gasteiger partial charge in [0.15, 0.2) is 0 Å². The van der Waals surface area contributed by atoms with Crippen LogP contribution in [0.2, 0.25) is 0 Å². The maximum Gasteiger partial charge on any atom is 1.00 e. The second-order valence-electron chi connectivity index (χ2n) is 36.7. The number of benzene rings is 2. The summed E-state index contributed by atoms with van der Waals surface area (Å²) in [5, 5.41) is 24.8. The van der Waals surface area contributed by atoms with Gasteiger partial charge in [-0.25, -0.2) is 33.7 Å². The average Bonchev–Trinajstić information content (AvgIpc) is 0.756. The summed E-state index contributed by atoms with van der Waals surface area (Å²) >= 11 is 0. The Morgan fingerprint density at radius 1 is 0.507 bits per heavy atom. The van der Waals surface area contributed by atoms with Gasteiger partial charge in [0.25, 0.3) is 0 Å². The van der Waals surface area contributed by atoms with Gasteiger partial charge < -0.3 is 113 Å². The summed E-state index contributed by atoms with van der Waals surface area (Å²) in [7, 11) is 9.89. The van der Waals surface area contributed by atoms with Crippen LogP contribution in [-0.2, 0) is 111 Å². The van der Waals surface area contributed by atoms with Crippen molar-refractivity contribution in [3.05, 3.63) is 132 Å². The van der Waals surface area contributed by atoms with E-state index in [0.29, 0.717) is 140 Å². The second kappa shape index (κ2) is 60.2. The van der Waals surface area contributed by atoms with Gasteiger partial charge in [-0.2, -0.15) is 26.3 Å². The molecule has 14 rings (SSSR count). The van der Waals surface area contributed by atoms with Crippen LogP contribution in [0.5, 0.6) is 0 Å². The van der Waals surface area contributed by atoms with Crippen molar-refractivity contribution in [3.63, 3.8) is 0 Å². The molecule has 6 atom stereocenters. The third-order valence-corrected chi connectivity index (χ3v) is 28.0. The summed E-state index contributed by atoms with van der Waals surface area (Å²) in [6.45, 7) is 36.7. The molecule has 2 aliphatic carbocycles. The molecular weight excluding hydrogens is 1810 g/mol. The Bertz CT molecular complexity index is 4210. The van der Waals surface area contributed by atoms with E-state index in [4.69, 9.17) is 48.7 Å². The van der Waals surface area contributed by atoms with Crippen LogP contribution in [0.15, 0.2) is 110 Å². The fourth-order valence-corrected chi connectivity index (χ4v) is 19.7. The second-order valence-corrected chi connectivity index (χ2v) is 36.7. The van der Waals surface area contributed by atoms with E-state index in [0.717, 1.165) is 198 Å². The molecule has 138 heavy (non-hydrogen) atoms. The number of alkyl carbamates (subject to hydrolysis) is 3. The molecule has 8 fully saturated rings. The smallest absolute Gasteiger partial charge is 0.870 e. The van der Waals surface area contributed by atoms with Gasteiger partial charge in [-0.05, 0) is 268 Å².